The van der Waals surface area contributed by atoms with Gasteiger partial charge in [0.2, 0.25) is 17.6 Å². The van der Waals surface area contributed by atoms with Gasteiger partial charge in [0.15, 0.2) is 0 Å². The third-order valence-corrected chi connectivity index (χ3v) is 5.15. The van der Waals surface area contributed by atoms with Crippen LogP contribution < -0.4 is 0 Å². The van der Waals surface area contributed by atoms with Crippen molar-refractivity contribution in [3.05, 3.63) is 30.4 Å². The van der Waals surface area contributed by atoms with E-state index in [0.717, 1.165) is 18.4 Å². The Morgan fingerprint density at radius 2 is 1.83 bits per heavy atom. The number of rotatable bonds is 3. The molecular weight excluding hydrogens is 304 g/mol. The summed E-state index contributed by atoms with van der Waals surface area (Å²) in [7, 11) is 0. The molecule has 1 aliphatic heterocycles. The van der Waals surface area contributed by atoms with Crippen LogP contribution in [-0.2, 0) is 4.79 Å². The van der Waals surface area contributed by atoms with E-state index in [1.165, 1.54) is 25.7 Å². The van der Waals surface area contributed by atoms with Crippen molar-refractivity contribution >= 4 is 5.91 Å². The van der Waals surface area contributed by atoms with Crippen molar-refractivity contribution in [1.29, 1.82) is 0 Å². The minimum atomic E-state index is 0.0174. The lowest BCUT2D eigenvalue weighted by Gasteiger charge is -2.26. The molecule has 2 aromatic rings. The van der Waals surface area contributed by atoms with Crippen molar-refractivity contribution in [2.75, 3.05) is 6.54 Å². The number of carbonyl (C=O) groups excluding carboxylic acids is 1. The smallest absolute Gasteiger partial charge is 0.232 e. The van der Waals surface area contributed by atoms with E-state index in [0.29, 0.717) is 30.7 Å². The average molecular weight is 326 g/mol. The molecule has 2 aromatic heterocycles. The van der Waals surface area contributed by atoms with Gasteiger partial charge in [-0.25, -0.2) is 0 Å². The van der Waals surface area contributed by atoms with Gasteiger partial charge in [0, 0.05) is 37.0 Å². The number of amides is 1. The number of aromatic nitrogens is 3. The first kappa shape index (κ1) is 15.3. The Balaban J connectivity index is 1.48. The summed E-state index contributed by atoms with van der Waals surface area (Å²) >= 11 is 0. The summed E-state index contributed by atoms with van der Waals surface area (Å²) in [5.41, 5.74) is 0.880. The standard InChI is InChI=1S/C18H22N4O2/c23-16-11-14(12-22(16)15-5-3-1-2-4-6-15)18-20-17(21-24-18)13-7-9-19-10-8-13/h7-10,14-15H,1-6,11-12H2/t14-/m1/s1. The van der Waals surface area contributed by atoms with Crippen LogP contribution in [0, 0.1) is 0 Å². The normalized spacial score (nSPS) is 22.8. The number of nitrogens with zero attached hydrogens (tertiary/aromatic N) is 4. The minimum Gasteiger partial charge on any atom is -0.339 e. The predicted molar refractivity (Wildman–Crippen MR) is 88.1 cm³/mol. The van der Waals surface area contributed by atoms with Crippen LogP contribution in [-0.4, -0.2) is 38.5 Å². The average Bonchev–Trinajstić information content (AvgIpc) is 3.15. The second-order valence-electron chi connectivity index (χ2n) is 6.78. The van der Waals surface area contributed by atoms with Crippen LogP contribution in [0.4, 0.5) is 0 Å². The number of hydrogen-bond donors (Lipinski definition) is 0. The molecule has 6 nitrogen and oxygen atoms in total. The molecule has 0 radical (unpaired) electrons. The van der Waals surface area contributed by atoms with E-state index >= 15 is 0 Å². The highest BCUT2D eigenvalue weighted by molar-refractivity contribution is 5.79. The number of carbonyl (C=O) groups is 1. The molecule has 6 heteroatoms. The van der Waals surface area contributed by atoms with Gasteiger partial charge in [-0.15, -0.1) is 0 Å². The lowest BCUT2D eigenvalue weighted by molar-refractivity contribution is -0.129. The molecule has 1 amide bonds. The van der Waals surface area contributed by atoms with Crippen LogP contribution in [0.25, 0.3) is 11.4 Å². The van der Waals surface area contributed by atoms with Crippen molar-refractivity contribution < 1.29 is 9.32 Å². The molecular formula is C18H22N4O2. The molecule has 1 saturated carbocycles. The summed E-state index contributed by atoms with van der Waals surface area (Å²) in [6, 6.07) is 4.10. The Hall–Kier alpha value is -2.24. The molecule has 0 bridgehead atoms. The number of hydrogen-bond acceptors (Lipinski definition) is 5. The Bertz CT molecular complexity index is 692. The fraction of sp³-hybridized carbons (Fsp3) is 0.556. The van der Waals surface area contributed by atoms with Gasteiger partial charge in [-0.1, -0.05) is 30.8 Å². The van der Waals surface area contributed by atoms with Gasteiger partial charge in [0.25, 0.3) is 0 Å². The quantitative estimate of drug-likeness (QED) is 0.810. The van der Waals surface area contributed by atoms with Gasteiger partial charge in [0.1, 0.15) is 0 Å². The fourth-order valence-corrected chi connectivity index (χ4v) is 3.84. The van der Waals surface area contributed by atoms with Crippen LogP contribution in [0.3, 0.4) is 0 Å². The fourth-order valence-electron chi connectivity index (χ4n) is 3.84. The summed E-state index contributed by atoms with van der Waals surface area (Å²) in [6.45, 7) is 0.710. The second kappa shape index (κ2) is 6.71. The molecule has 0 N–H and O–H groups in total. The molecule has 126 valence electrons. The Morgan fingerprint density at radius 1 is 1.08 bits per heavy atom. The maximum Gasteiger partial charge on any atom is 0.232 e. The predicted octanol–water partition coefficient (Wildman–Crippen LogP) is 3.17. The van der Waals surface area contributed by atoms with E-state index < -0.39 is 0 Å². The van der Waals surface area contributed by atoms with Crippen LogP contribution in [0.1, 0.15) is 56.8 Å². The first-order valence-corrected chi connectivity index (χ1v) is 8.85. The van der Waals surface area contributed by atoms with Gasteiger partial charge < -0.3 is 9.42 Å². The highest BCUT2D eigenvalue weighted by Crippen LogP contribution is 2.33. The van der Waals surface area contributed by atoms with E-state index in [4.69, 9.17) is 4.52 Å². The topological polar surface area (TPSA) is 72.1 Å². The lowest BCUT2D eigenvalue weighted by Crippen LogP contribution is -2.36. The van der Waals surface area contributed by atoms with Crippen LogP contribution >= 0.6 is 0 Å². The summed E-state index contributed by atoms with van der Waals surface area (Å²) in [4.78, 5) is 23.0. The highest BCUT2D eigenvalue weighted by Gasteiger charge is 2.37. The van der Waals surface area contributed by atoms with E-state index in [1.807, 2.05) is 12.1 Å². The van der Waals surface area contributed by atoms with Crippen molar-refractivity contribution in [1.82, 2.24) is 20.0 Å². The van der Waals surface area contributed by atoms with Crippen LogP contribution in [0.5, 0.6) is 0 Å². The van der Waals surface area contributed by atoms with Crippen molar-refractivity contribution in [2.24, 2.45) is 0 Å². The summed E-state index contributed by atoms with van der Waals surface area (Å²) < 4.78 is 5.45. The third kappa shape index (κ3) is 3.05. The van der Waals surface area contributed by atoms with Gasteiger partial charge in [-0.05, 0) is 25.0 Å². The molecule has 4 rings (SSSR count). The summed E-state index contributed by atoms with van der Waals surface area (Å²) in [5, 5.41) is 4.06. The van der Waals surface area contributed by atoms with Crippen molar-refractivity contribution in [2.45, 2.75) is 56.9 Å². The van der Waals surface area contributed by atoms with Crippen LogP contribution in [0.15, 0.2) is 29.0 Å². The molecule has 2 aliphatic rings. The van der Waals surface area contributed by atoms with E-state index in [9.17, 15) is 4.79 Å². The molecule has 1 saturated heterocycles. The first-order chi connectivity index (χ1) is 11.8. The first-order valence-electron chi connectivity index (χ1n) is 8.85. The Morgan fingerprint density at radius 3 is 2.58 bits per heavy atom. The molecule has 3 heterocycles. The minimum absolute atomic E-state index is 0.0174. The monoisotopic (exact) mass is 326 g/mol. The zero-order valence-electron chi connectivity index (χ0n) is 13.7. The number of pyridine rings is 1. The molecule has 0 unspecified atom stereocenters. The summed E-state index contributed by atoms with van der Waals surface area (Å²) in [6.07, 6.45) is 11.2. The zero-order valence-corrected chi connectivity index (χ0v) is 13.7. The Kier molecular flexibility index (Phi) is 4.28. The number of likely N-dealkylation sites (tertiary alicyclic amines) is 1. The summed E-state index contributed by atoms with van der Waals surface area (Å²) in [5.74, 6) is 1.39. The lowest BCUT2D eigenvalue weighted by atomic mass is 10.1. The highest BCUT2D eigenvalue weighted by atomic mass is 16.5. The van der Waals surface area contributed by atoms with Gasteiger partial charge in [-0.2, -0.15) is 4.98 Å². The van der Waals surface area contributed by atoms with Gasteiger partial charge in [0.05, 0.1) is 5.92 Å². The molecule has 0 aromatic carbocycles. The molecule has 2 fully saturated rings. The molecule has 1 atom stereocenters. The molecule has 24 heavy (non-hydrogen) atoms. The van der Waals surface area contributed by atoms with E-state index in [-0.39, 0.29) is 11.8 Å². The maximum atomic E-state index is 12.5. The van der Waals surface area contributed by atoms with Crippen LogP contribution in [0.2, 0.25) is 0 Å². The molecule has 1 aliphatic carbocycles. The zero-order chi connectivity index (χ0) is 16.4. The van der Waals surface area contributed by atoms with E-state index in [2.05, 4.69) is 20.0 Å². The second-order valence-corrected chi connectivity index (χ2v) is 6.78. The Labute approximate surface area is 141 Å². The maximum absolute atomic E-state index is 12.5. The third-order valence-electron chi connectivity index (χ3n) is 5.15. The van der Waals surface area contributed by atoms with Crippen molar-refractivity contribution in [3.63, 3.8) is 0 Å². The van der Waals surface area contributed by atoms with E-state index in [1.54, 1.807) is 12.4 Å². The van der Waals surface area contributed by atoms with Crippen molar-refractivity contribution in [3.8, 4) is 11.4 Å². The molecule has 0 spiro atoms. The largest absolute Gasteiger partial charge is 0.339 e. The van der Waals surface area contributed by atoms with Gasteiger partial charge in [-0.3, -0.25) is 9.78 Å². The SMILES string of the molecule is O=C1C[C@@H](c2nc(-c3ccncc3)no2)CN1C1CCCCCC1. The van der Waals surface area contributed by atoms with Gasteiger partial charge >= 0.3 is 0 Å².